The molecule has 0 unspecified atom stereocenters. The molecule has 1 aromatic rings. The van der Waals surface area contributed by atoms with E-state index in [0.717, 1.165) is 25.7 Å². The summed E-state index contributed by atoms with van der Waals surface area (Å²) in [5.41, 5.74) is 2.82. The van der Waals surface area contributed by atoms with E-state index in [0.29, 0.717) is 0 Å². The summed E-state index contributed by atoms with van der Waals surface area (Å²) in [5.74, 6) is 0. The molecule has 1 N–H and O–H groups in total. The van der Waals surface area contributed by atoms with Crippen LogP contribution in [0, 0.1) is 0 Å². The van der Waals surface area contributed by atoms with E-state index in [1.54, 1.807) is 0 Å². The van der Waals surface area contributed by atoms with Gasteiger partial charge in [0, 0.05) is 29.3 Å². The van der Waals surface area contributed by atoms with Crippen LogP contribution >= 0.6 is 15.9 Å². The van der Waals surface area contributed by atoms with Crippen molar-refractivity contribution in [2.75, 3.05) is 18.0 Å². The van der Waals surface area contributed by atoms with Crippen LogP contribution in [0.25, 0.3) is 0 Å². The lowest BCUT2D eigenvalue weighted by atomic mass is 10.1. The Morgan fingerprint density at radius 3 is 2.72 bits per heavy atom. The van der Waals surface area contributed by atoms with Gasteiger partial charge in [0.15, 0.2) is 0 Å². The lowest BCUT2D eigenvalue weighted by molar-refractivity contribution is 0.671. The van der Waals surface area contributed by atoms with Crippen molar-refractivity contribution in [2.24, 2.45) is 0 Å². The van der Waals surface area contributed by atoms with Crippen LogP contribution in [-0.4, -0.2) is 19.1 Å². The van der Waals surface area contributed by atoms with Crippen molar-refractivity contribution in [3.05, 3.63) is 28.2 Å². The fourth-order valence-corrected chi connectivity index (χ4v) is 2.71. The summed E-state index contributed by atoms with van der Waals surface area (Å²) < 4.78 is 1.18. The number of benzene rings is 1. The Bertz CT molecular complexity index is 388. The Morgan fingerprint density at radius 1 is 1.33 bits per heavy atom. The predicted molar refractivity (Wildman–Crippen MR) is 82.2 cm³/mol. The molecule has 0 radical (unpaired) electrons. The fourth-order valence-electron chi connectivity index (χ4n) is 2.37. The van der Waals surface area contributed by atoms with Crippen molar-refractivity contribution in [3.63, 3.8) is 0 Å². The van der Waals surface area contributed by atoms with E-state index in [1.807, 2.05) is 0 Å². The summed E-state index contributed by atoms with van der Waals surface area (Å²) in [5, 5.41) is 3.51. The lowest BCUT2D eigenvalue weighted by Gasteiger charge is -2.26. The third-order valence-corrected chi connectivity index (χ3v) is 3.92. The molecule has 1 aliphatic rings. The van der Waals surface area contributed by atoms with E-state index >= 15 is 0 Å². The van der Waals surface area contributed by atoms with Crippen LogP contribution in [0.4, 0.5) is 5.69 Å². The standard InChI is InChI=1S/C15H23BrN2/c1-3-9-17-11-12-5-6-13(16)10-15(12)18(4-2)14-7-8-14/h5-6,10,14,17H,3-4,7-9,11H2,1-2H3. The highest BCUT2D eigenvalue weighted by Crippen LogP contribution is 2.34. The van der Waals surface area contributed by atoms with Crippen LogP contribution < -0.4 is 10.2 Å². The Morgan fingerprint density at radius 2 is 2.11 bits per heavy atom. The second kappa shape index (κ2) is 6.58. The Labute approximate surface area is 119 Å². The zero-order valence-corrected chi connectivity index (χ0v) is 13.0. The molecular formula is C15H23BrN2. The van der Waals surface area contributed by atoms with Crippen molar-refractivity contribution in [1.29, 1.82) is 0 Å². The Balaban J connectivity index is 2.16. The largest absolute Gasteiger partial charge is 0.369 e. The number of rotatable bonds is 7. The highest BCUT2D eigenvalue weighted by Gasteiger charge is 2.29. The molecule has 0 heterocycles. The first-order valence-corrected chi connectivity index (χ1v) is 7.81. The molecule has 2 rings (SSSR count). The van der Waals surface area contributed by atoms with Crippen LogP contribution in [0.15, 0.2) is 22.7 Å². The highest BCUT2D eigenvalue weighted by molar-refractivity contribution is 9.10. The van der Waals surface area contributed by atoms with Crippen LogP contribution in [0.3, 0.4) is 0 Å². The van der Waals surface area contributed by atoms with E-state index in [-0.39, 0.29) is 0 Å². The molecule has 1 saturated carbocycles. The second-order valence-electron chi connectivity index (χ2n) is 4.97. The normalized spacial score (nSPS) is 14.8. The minimum atomic E-state index is 0.772. The van der Waals surface area contributed by atoms with Crippen molar-refractivity contribution >= 4 is 21.6 Å². The molecule has 1 aliphatic carbocycles. The van der Waals surface area contributed by atoms with Gasteiger partial charge >= 0.3 is 0 Å². The van der Waals surface area contributed by atoms with Gasteiger partial charge in [-0.2, -0.15) is 0 Å². The van der Waals surface area contributed by atoms with E-state index < -0.39 is 0 Å². The van der Waals surface area contributed by atoms with Gasteiger partial charge in [0.1, 0.15) is 0 Å². The summed E-state index contributed by atoms with van der Waals surface area (Å²) in [6.45, 7) is 7.62. The average molecular weight is 311 g/mol. The topological polar surface area (TPSA) is 15.3 Å². The molecule has 18 heavy (non-hydrogen) atoms. The monoisotopic (exact) mass is 310 g/mol. The van der Waals surface area contributed by atoms with Gasteiger partial charge in [0.2, 0.25) is 0 Å². The molecule has 3 heteroatoms. The van der Waals surface area contributed by atoms with Crippen molar-refractivity contribution < 1.29 is 0 Å². The number of anilines is 1. The molecule has 0 atom stereocenters. The van der Waals surface area contributed by atoms with Gasteiger partial charge in [0.25, 0.3) is 0 Å². The first-order valence-electron chi connectivity index (χ1n) is 7.02. The van der Waals surface area contributed by atoms with Gasteiger partial charge in [-0.15, -0.1) is 0 Å². The highest BCUT2D eigenvalue weighted by atomic mass is 79.9. The average Bonchev–Trinajstić information content (AvgIpc) is 3.17. The molecule has 2 nitrogen and oxygen atoms in total. The van der Waals surface area contributed by atoms with E-state index in [1.165, 1.54) is 35.0 Å². The van der Waals surface area contributed by atoms with Gasteiger partial charge in [-0.25, -0.2) is 0 Å². The summed E-state index contributed by atoms with van der Waals surface area (Å²) in [6, 6.07) is 7.43. The first kappa shape index (κ1) is 13.9. The van der Waals surface area contributed by atoms with Gasteiger partial charge in [-0.3, -0.25) is 0 Å². The number of hydrogen-bond acceptors (Lipinski definition) is 2. The number of nitrogens with one attached hydrogen (secondary N) is 1. The third-order valence-electron chi connectivity index (χ3n) is 3.43. The molecule has 0 amide bonds. The summed E-state index contributed by atoms with van der Waals surface area (Å²) in [6.07, 6.45) is 3.89. The smallest absolute Gasteiger partial charge is 0.0425 e. The third kappa shape index (κ3) is 3.48. The minimum absolute atomic E-state index is 0.772. The van der Waals surface area contributed by atoms with E-state index in [2.05, 4.69) is 58.2 Å². The van der Waals surface area contributed by atoms with Crippen LogP contribution in [-0.2, 0) is 6.54 Å². The summed E-state index contributed by atoms with van der Waals surface area (Å²) in [7, 11) is 0. The van der Waals surface area contributed by atoms with Crippen molar-refractivity contribution in [1.82, 2.24) is 5.32 Å². The SMILES string of the molecule is CCCNCc1ccc(Br)cc1N(CC)C1CC1. The maximum Gasteiger partial charge on any atom is 0.0425 e. The fraction of sp³-hybridized carbons (Fsp3) is 0.600. The molecular weight excluding hydrogens is 288 g/mol. The lowest BCUT2D eigenvalue weighted by Crippen LogP contribution is -2.27. The van der Waals surface area contributed by atoms with Crippen molar-refractivity contribution in [2.45, 2.75) is 45.7 Å². The van der Waals surface area contributed by atoms with Gasteiger partial charge < -0.3 is 10.2 Å². The zero-order chi connectivity index (χ0) is 13.0. The van der Waals surface area contributed by atoms with Gasteiger partial charge in [-0.1, -0.05) is 28.9 Å². The Kier molecular flexibility index (Phi) is 5.07. The minimum Gasteiger partial charge on any atom is -0.369 e. The van der Waals surface area contributed by atoms with E-state index in [4.69, 9.17) is 0 Å². The van der Waals surface area contributed by atoms with Gasteiger partial charge in [-0.05, 0) is 50.4 Å². The molecule has 0 saturated heterocycles. The maximum absolute atomic E-state index is 3.60. The van der Waals surface area contributed by atoms with Crippen LogP contribution in [0.5, 0.6) is 0 Å². The molecule has 1 fully saturated rings. The van der Waals surface area contributed by atoms with Crippen LogP contribution in [0.1, 0.15) is 38.7 Å². The maximum atomic E-state index is 3.60. The number of hydrogen-bond donors (Lipinski definition) is 1. The first-order chi connectivity index (χ1) is 8.76. The molecule has 1 aromatic carbocycles. The van der Waals surface area contributed by atoms with Gasteiger partial charge in [0.05, 0.1) is 0 Å². The molecule has 0 aromatic heterocycles. The van der Waals surface area contributed by atoms with Crippen molar-refractivity contribution in [3.8, 4) is 0 Å². The van der Waals surface area contributed by atoms with Crippen LogP contribution in [0.2, 0.25) is 0 Å². The summed E-state index contributed by atoms with van der Waals surface area (Å²) >= 11 is 3.60. The molecule has 100 valence electrons. The number of nitrogens with zero attached hydrogens (tertiary/aromatic N) is 1. The second-order valence-corrected chi connectivity index (χ2v) is 5.88. The number of halogens is 1. The Hall–Kier alpha value is -0.540. The predicted octanol–water partition coefficient (Wildman–Crippen LogP) is 3.94. The zero-order valence-electron chi connectivity index (χ0n) is 11.4. The summed E-state index contributed by atoms with van der Waals surface area (Å²) in [4.78, 5) is 2.55. The van der Waals surface area contributed by atoms with E-state index in [9.17, 15) is 0 Å². The molecule has 0 bridgehead atoms. The molecule has 0 aliphatic heterocycles. The quantitative estimate of drug-likeness (QED) is 0.767. The molecule has 0 spiro atoms.